The number of hydrogen-bond donors (Lipinski definition) is 1. The average molecular weight is 340 g/mol. The van der Waals surface area contributed by atoms with Gasteiger partial charge in [-0.1, -0.05) is 55.7 Å². The number of benzene rings is 1. The molecule has 0 heterocycles. The van der Waals surface area contributed by atoms with E-state index in [0.717, 1.165) is 16.8 Å². The van der Waals surface area contributed by atoms with Crippen LogP contribution in [0.25, 0.3) is 5.57 Å². The molecular weight excluding hydrogens is 306 g/mol. The van der Waals surface area contributed by atoms with Gasteiger partial charge in [0.05, 0.1) is 0 Å². The molecule has 1 aliphatic carbocycles. The maximum Gasteiger partial charge on any atom is 0.183 e. The van der Waals surface area contributed by atoms with Crippen LogP contribution in [0.3, 0.4) is 0 Å². The Hall–Kier alpha value is -1.96. The molecule has 0 aliphatic heterocycles. The summed E-state index contributed by atoms with van der Waals surface area (Å²) in [7, 11) is 0. The van der Waals surface area contributed by atoms with Crippen molar-refractivity contribution in [3.05, 3.63) is 65.7 Å². The molecule has 0 bridgehead atoms. The maximum absolute atomic E-state index is 6.09. The Morgan fingerprint density at radius 2 is 1.68 bits per heavy atom. The summed E-state index contributed by atoms with van der Waals surface area (Å²) in [5.41, 5.74) is 5.57. The van der Waals surface area contributed by atoms with E-state index < -0.39 is 0 Å². The van der Waals surface area contributed by atoms with Gasteiger partial charge in [-0.3, -0.25) is 0 Å². The van der Waals surface area contributed by atoms with Crippen molar-refractivity contribution in [1.29, 1.82) is 0 Å². The summed E-state index contributed by atoms with van der Waals surface area (Å²) in [4.78, 5) is 0. The number of nitrogens with one attached hydrogen (secondary N) is 1. The van der Waals surface area contributed by atoms with Gasteiger partial charge in [-0.05, 0) is 69.7 Å². The minimum Gasteiger partial charge on any atom is -0.476 e. The summed E-state index contributed by atoms with van der Waals surface area (Å²) in [6.07, 6.45) is 6.73. The number of allylic oxidation sites excluding steroid dienone is 2. The maximum atomic E-state index is 6.09. The molecule has 0 amide bonds. The second-order valence-corrected chi connectivity index (χ2v) is 7.42. The Labute approximate surface area is 153 Å². The van der Waals surface area contributed by atoms with Gasteiger partial charge >= 0.3 is 0 Å². The standard InChI is InChI=1S/C23H33NO/c1-16(2)23(18(4)21-14-12-17(3)13-15-21)24-20(6)25-19(5)22-10-8-7-9-11-22/h12-15,19,22,24H,1,6-11H2,2-5H3/b23-18-. The first-order valence-corrected chi connectivity index (χ1v) is 9.45. The van der Waals surface area contributed by atoms with Crippen LogP contribution >= 0.6 is 0 Å². The van der Waals surface area contributed by atoms with Crippen molar-refractivity contribution >= 4 is 5.57 Å². The zero-order valence-electron chi connectivity index (χ0n) is 16.3. The first-order valence-electron chi connectivity index (χ1n) is 9.45. The molecule has 1 fully saturated rings. The number of aryl methyl sites for hydroxylation is 1. The fraction of sp³-hybridized carbons (Fsp3) is 0.478. The predicted molar refractivity (Wildman–Crippen MR) is 108 cm³/mol. The van der Waals surface area contributed by atoms with Gasteiger partial charge in [0.2, 0.25) is 0 Å². The van der Waals surface area contributed by atoms with Gasteiger partial charge in [-0.25, -0.2) is 0 Å². The zero-order chi connectivity index (χ0) is 18.4. The molecule has 1 aromatic rings. The van der Waals surface area contributed by atoms with E-state index in [4.69, 9.17) is 4.74 Å². The number of rotatable bonds is 7. The minimum absolute atomic E-state index is 0.200. The molecule has 136 valence electrons. The molecular formula is C23H33NO. The fourth-order valence-corrected chi connectivity index (χ4v) is 3.56. The third kappa shape index (κ3) is 5.52. The second kappa shape index (κ2) is 8.94. The fourth-order valence-electron chi connectivity index (χ4n) is 3.56. The summed E-state index contributed by atoms with van der Waals surface area (Å²) in [6, 6.07) is 8.55. The largest absolute Gasteiger partial charge is 0.476 e. The highest BCUT2D eigenvalue weighted by atomic mass is 16.5. The molecule has 1 aliphatic rings. The quantitative estimate of drug-likeness (QED) is 0.462. The lowest BCUT2D eigenvalue weighted by atomic mass is 9.86. The van der Waals surface area contributed by atoms with E-state index in [1.807, 2.05) is 6.92 Å². The third-order valence-corrected chi connectivity index (χ3v) is 5.19. The van der Waals surface area contributed by atoms with Crippen molar-refractivity contribution in [3.63, 3.8) is 0 Å². The summed E-state index contributed by atoms with van der Waals surface area (Å²) in [5, 5.41) is 3.36. The van der Waals surface area contributed by atoms with Gasteiger partial charge in [0.15, 0.2) is 5.88 Å². The van der Waals surface area contributed by atoms with Crippen LogP contribution in [0.15, 0.2) is 54.6 Å². The van der Waals surface area contributed by atoms with Crippen molar-refractivity contribution in [1.82, 2.24) is 5.32 Å². The van der Waals surface area contributed by atoms with Gasteiger partial charge in [0, 0.05) is 5.70 Å². The molecule has 0 radical (unpaired) electrons. The lowest BCUT2D eigenvalue weighted by Gasteiger charge is -2.29. The van der Waals surface area contributed by atoms with Crippen molar-refractivity contribution in [3.8, 4) is 0 Å². The molecule has 0 spiro atoms. The molecule has 1 saturated carbocycles. The van der Waals surface area contributed by atoms with E-state index in [1.165, 1.54) is 43.2 Å². The topological polar surface area (TPSA) is 21.3 Å². The van der Waals surface area contributed by atoms with Gasteiger partial charge < -0.3 is 10.1 Å². The summed E-state index contributed by atoms with van der Waals surface area (Å²) in [6.45, 7) is 16.6. The highest BCUT2D eigenvalue weighted by molar-refractivity contribution is 5.70. The lowest BCUT2D eigenvalue weighted by molar-refractivity contribution is 0.0543. The van der Waals surface area contributed by atoms with Crippen molar-refractivity contribution in [2.24, 2.45) is 5.92 Å². The molecule has 2 heteroatoms. The molecule has 0 aromatic heterocycles. The Morgan fingerprint density at radius 3 is 2.24 bits per heavy atom. The first kappa shape index (κ1) is 19.4. The minimum atomic E-state index is 0.200. The predicted octanol–water partition coefficient (Wildman–Crippen LogP) is 6.35. The van der Waals surface area contributed by atoms with E-state index in [1.54, 1.807) is 0 Å². The molecule has 25 heavy (non-hydrogen) atoms. The van der Waals surface area contributed by atoms with Crippen molar-refractivity contribution < 1.29 is 4.74 Å². The summed E-state index contributed by atoms with van der Waals surface area (Å²) >= 11 is 0. The molecule has 1 N–H and O–H groups in total. The monoisotopic (exact) mass is 339 g/mol. The highest BCUT2D eigenvalue weighted by Gasteiger charge is 2.22. The molecule has 0 saturated heterocycles. The first-order chi connectivity index (χ1) is 11.9. The van der Waals surface area contributed by atoms with Crippen LogP contribution in [-0.4, -0.2) is 6.10 Å². The zero-order valence-corrected chi connectivity index (χ0v) is 16.3. The molecule has 2 nitrogen and oxygen atoms in total. The van der Waals surface area contributed by atoms with Crippen LogP contribution in [0.5, 0.6) is 0 Å². The van der Waals surface area contributed by atoms with Crippen LogP contribution in [0.1, 0.15) is 64.0 Å². The van der Waals surface area contributed by atoms with E-state index in [0.29, 0.717) is 11.8 Å². The van der Waals surface area contributed by atoms with Gasteiger partial charge in [0.25, 0.3) is 0 Å². The van der Waals surface area contributed by atoms with Crippen LogP contribution in [-0.2, 0) is 4.74 Å². The van der Waals surface area contributed by atoms with Gasteiger partial charge in [-0.15, -0.1) is 0 Å². The van der Waals surface area contributed by atoms with E-state index in [2.05, 4.69) is 63.5 Å². The number of hydrogen-bond acceptors (Lipinski definition) is 2. The Morgan fingerprint density at radius 1 is 1.08 bits per heavy atom. The molecule has 1 atom stereocenters. The molecule has 1 unspecified atom stereocenters. The van der Waals surface area contributed by atoms with Gasteiger partial charge in [-0.2, -0.15) is 0 Å². The Balaban J connectivity index is 2.07. The summed E-state index contributed by atoms with van der Waals surface area (Å²) in [5.74, 6) is 1.25. The van der Waals surface area contributed by atoms with Crippen molar-refractivity contribution in [2.75, 3.05) is 0 Å². The van der Waals surface area contributed by atoms with Crippen LogP contribution in [0.4, 0.5) is 0 Å². The highest BCUT2D eigenvalue weighted by Crippen LogP contribution is 2.29. The van der Waals surface area contributed by atoms with E-state index in [9.17, 15) is 0 Å². The SMILES string of the molecule is C=C(N/C(C(=C)C)=C(/C)c1ccc(C)cc1)OC(C)C1CCCCC1. The number of ether oxygens (including phenoxy) is 1. The van der Waals surface area contributed by atoms with Gasteiger partial charge in [0.1, 0.15) is 6.10 Å². The molecule has 1 aromatic carbocycles. The lowest BCUT2D eigenvalue weighted by Crippen LogP contribution is -2.26. The third-order valence-electron chi connectivity index (χ3n) is 5.19. The van der Waals surface area contributed by atoms with Crippen molar-refractivity contribution in [2.45, 2.75) is 65.9 Å². The molecule has 2 rings (SSSR count). The Kier molecular flexibility index (Phi) is 6.92. The Bertz CT molecular complexity index is 633. The smallest absolute Gasteiger partial charge is 0.183 e. The van der Waals surface area contributed by atoms with Crippen LogP contribution in [0.2, 0.25) is 0 Å². The summed E-state index contributed by atoms with van der Waals surface area (Å²) < 4.78 is 6.09. The van der Waals surface area contributed by atoms with Crippen LogP contribution in [0, 0.1) is 12.8 Å². The average Bonchev–Trinajstić information content (AvgIpc) is 2.60. The normalized spacial score (nSPS) is 17.4. The van der Waals surface area contributed by atoms with Crippen LogP contribution < -0.4 is 5.32 Å². The second-order valence-electron chi connectivity index (χ2n) is 7.42. The van der Waals surface area contributed by atoms with E-state index in [-0.39, 0.29) is 6.10 Å². The van der Waals surface area contributed by atoms with E-state index >= 15 is 0 Å².